The van der Waals surface area contributed by atoms with E-state index in [1.165, 1.54) is 32.4 Å². The molecule has 0 aromatic heterocycles. The van der Waals surface area contributed by atoms with Crippen molar-refractivity contribution in [2.75, 3.05) is 27.8 Å². The third kappa shape index (κ3) is 7.53. The number of methoxy groups -OCH3 is 2. The van der Waals surface area contributed by atoms with E-state index in [0.717, 1.165) is 5.56 Å². The fraction of sp³-hybridized carbons (Fsp3) is 0.303. The molecule has 3 atom stereocenters. The fourth-order valence-corrected chi connectivity index (χ4v) is 6.04. The Hall–Kier alpha value is -4.25. The van der Waals surface area contributed by atoms with Crippen molar-refractivity contribution in [3.63, 3.8) is 0 Å². The largest absolute Gasteiger partial charge is 0.495 e. The zero-order valence-electron chi connectivity index (χ0n) is 25.5. The van der Waals surface area contributed by atoms with E-state index in [9.17, 15) is 19.7 Å². The molecule has 10 nitrogen and oxygen atoms in total. The topological polar surface area (TPSA) is 121 Å². The number of benzene rings is 3. The number of nitro groups is 1. The summed E-state index contributed by atoms with van der Waals surface area (Å²) in [5.41, 5.74) is 2.45. The first-order valence-electron chi connectivity index (χ1n) is 14.0. The molecule has 1 heterocycles. The minimum atomic E-state index is -1.03. The number of aliphatic imine (C=N–C) groups is 1. The Morgan fingerprint density at radius 2 is 1.73 bits per heavy atom. The molecule has 1 aliphatic heterocycles. The standard InChI is InChI=1S/C33H33Cl2N3O7/c1-19-27(32(39)44-5)29(22-12-9-13-23(16-22)38(41)42)28(20(2)36-19)33(40)45-26(18-37(3)17-21-10-7-6-8-11-21)24-14-15-25(43-4)31(35)30(24)34/h6-16,26-27,29H,17-18H2,1-5H3. The third-order valence-corrected chi connectivity index (χ3v) is 8.49. The average molecular weight is 655 g/mol. The SMILES string of the molecule is COC(=O)C1C(C)=NC(C)=C(C(=O)OC(CN(C)Cc2ccccc2)c2ccc(OC)c(Cl)c2Cl)C1c1cccc([N+](=O)[O-])c1. The van der Waals surface area contributed by atoms with Crippen LogP contribution in [0, 0.1) is 16.0 Å². The molecule has 0 bridgehead atoms. The molecule has 236 valence electrons. The molecule has 3 aromatic carbocycles. The van der Waals surface area contributed by atoms with Gasteiger partial charge in [0.05, 0.1) is 29.7 Å². The normalized spacial score (nSPS) is 17.0. The monoisotopic (exact) mass is 653 g/mol. The first-order chi connectivity index (χ1) is 21.5. The van der Waals surface area contributed by atoms with Crippen molar-refractivity contribution in [1.82, 2.24) is 4.90 Å². The summed E-state index contributed by atoms with van der Waals surface area (Å²) >= 11 is 13.2. The van der Waals surface area contributed by atoms with Gasteiger partial charge in [-0.2, -0.15) is 0 Å². The lowest BCUT2D eigenvalue weighted by atomic mass is 9.75. The summed E-state index contributed by atoms with van der Waals surface area (Å²) in [6.07, 6.45) is -0.920. The Kier molecular flexibility index (Phi) is 11.0. The molecule has 3 unspecified atom stereocenters. The smallest absolute Gasteiger partial charge is 0.337 e. The summed E-state index contributed by atoms with van der Waals surface area (Å²) in [4.78, 5) is 44.9. The molecular formula is C33H33Cl2N3O7. The Labute approximate surface area is 271 Å². The van der Waals surface area contributed by atoms with E-state index in [-0.39, 0.29) is 27.9 Å². The van der Waals surface area contributed by atoms with Crippen LogP contribution in [0.25, 0.3) is 0 Å². The van der Waals surface area contributed by atoms with Crippen molar-refractivity contribution in [3.8, 4) is 5.75 Å². The molecule has 45 heavy (non-hydrogen) atoms. The zero-order valence-corrected chi connectivity index (χ0v) is 27.0. The Balaban J connectivity index is 1.79. The number of carbonyl (C=O) groups excluding carboxylic acids is 2. The van der Waals surface area contributed by atoms with Gasteiger partial charge in [-0.05, 0) is 44.2 Å². The molecular weight excluding hydrogens is 621 g/mol. The highest BCUT2D eigenvalue weighted by Gasteiger charge is 2.43. The average Bonchev–Trinajstić information content (AvgIpc) is 3.01. The number of halogens is 2. The van der Waals surface area contributed by atoms with Crippen LogP contribution in [-0.4, -0.2) is 55.3 Å². The van der Waals surface area contributed by atoms with Crippen LogP contribution in [0.1, 0.15) is 42.6 Å². The first-order valence-corrected chi connectivity index (χ1v) is 14.8. The van der Waals surface area contributed by atoms with Crippen molar-refractivity contribution < 1.29 is 28.7 Å². The van der Waals surface area contributed by atoms with E-state index in [4.69, 9.17) is 37.4 Å². The van der Waals surface area contributed by atoms with Crippen LogP contribution in [0.5, 0.6) is 5.75 Å². The van der Waals surface area contributed by atoms with Gasteiger partial charge in [0.25, 0.3) is 5.69 Å². The van der Waals surface area contributed by atoms with E-state index in [0.29, 0.717) is 34.8 Å². The van der Waals surface area contributed by atoms with Gasteiger partial charge in [0.15, 0.2) is 0 Å². The summed E-state index contributed by atoms with van der Waals surface area (Å²) in [7, 11) is 4.58. The van der Waals surface area contributed by atoms with Gasteiger partial charge < -0.3 is 14.2 Å². The maximum atomic E-state index is 14.3. The lowest BCUT2D eigenvalue weighted by molar-refractivity contribution is -0.384. The summed E-state index contributed by atoms with van der Waals surface area (Å²) in [6, 6.07) is 18.9. The molecule has 0 saturated carbocycles. The predicted molar refractivity (Wildman–Crippen MR) is 172 cm³/mol. The number of nitrogens with zero attached hydrogens (tertiary/aromatic N) is 3. The van der Waals surface area contributed by atoms with Gasteiger partial charge in [0.2, 0.25) is 0 Å². The van der Waals surface area contributed by atoms with E-state index in [2.05, 4.69) is 4.99 Å². The van der Waals surface area contributed by atoms with Crippen molar-refractivity contribution in [2.24, 2.45) is 10.9 Å². The number of carbonyl (C=O) groups is 2. The second-order valence-corrected chi connectivity index (χ2v) is 11.4. The van der Waals surface area contributed by atoms with Gasteiger partial charge in [0, 0.05) is 48.1 Å². The molecule has 12 heteroatoms. The van der Waals surface area contributed by atoms with Crippen molar-refractivity contribution in [1.29, 1.82) is 0 Å². The number of likely N-dealkylation sites (N-methyl/N-ethyl adjacent to an activating group) is 1. The molecule has 0 spiro atoms. The van der Waals surface area contributed by atoms with E-state index in [1.54, 1.807) is 32.0 Å². The lowest BCUT2D eigenvalue weighted by Crippen LogP contribution is -2.37. The number of rotatable bonds is 11. The van der Waals surface area contributed by atoms with E-state index < -0.39 is 34.8 Å². The van der Waals surface area contributed by atoms with Crippen molar-refractivity contribution in [3.05, 3.63) is 115 Å². The van der Waals surface area contributed by atoms with Crippen LogP contribution in [0.4, 0.5) is 5.69 Å². The summed E-state index contributed by atoms with van der Waals surface area (Å²) in [5.74, 6) is -3.05. The zero-order chi connectivity index (χ0) is 32.8. The third-order valence-electron chi connectivity index (χ3n) is 7.61. The van der Waals surface area contributed by atoms with Gasteiger partial charge in [-0.1, -0.05) is 65.7 Å². The van der Waals surface area contributed by atoms with Crippen molar-refractivity contribution in [2.45, 2.75) is 32.4 Å². The van der Waals surface area contributed by atoms with Crippen LogP contribution >= 0.6 is 23.2 Å². The minimum absolute atomic E-state index is 0.0722. The molecule has 0 amide bonds. The molecule has 0 aliphatic carbocycles. The Morgan fingerprint density at radius 1 is 1.02 bits per heavy atom. The lowest BCUT2D eigenvalue weighted by Gasteiger charge is -2.32. The van der Waals surface area contributed by atoms with Crippen LogP contribution in [0.3, 0.4) is 0 Å². The summed E-state index contributed by atoms with van der Waals surface area (Å²) < 4.78 is 16.6. The van der Waals surface area contributed by atoms with Gasteiger partial charge in [-0.25, -0.2) is 4.79 Å². The number of non-ortho nitro benzene ring substituents is 1. The number of allylic oxidation sites excluding steroid dienone is 1. The fourth-order valence-electron chi connectivity index (χ4n) is 5.51. The molecule has 0 fully saturated rings. The number of hydrogen-bond donors (Lipinski definition) is 0. The highest BCUT2D eigenvalue weighted by atomic mass is 35.5. The van der Waals surface area contributed by atoms with Crippen LogP contribution in [0.2, 0.25) is 10.0 Å². The van der Waals surface area contributed by atoms with Crippen LogP contribution in [0.15, 0.2) is 83.0 Å². The van der Waals surface area contributed by atoms with Gasteiger partial charge in [0.1, 0.15) is 22.8 Å². The molecule has 4 rings (SSSR count). The Bertz CT molecular complexity index is 1660. The predicted octanol–water partition coefficient (Wildman–Crippen LogP) is 6.95. The van der Waals surface area contributed by atoms with E-state index >= 15 is 0 Å². The van der Waals surface area contributed by atoms with Crippen LogP contribution < -0.4 is 4.74 Å². The molecule has 3 aromatic rings. The second kappa shape index (κ2) is 14.7. The van der Waals surface area contributed by atoms with Gasteiger partial charge >= 0.3 is 11.9 Å². The highest BCUT2D eigenvalue weighted by molar-refractivity contribution is 6.43. The molecule has 0 N–H and O–H groups in total. The maximum absolute atomic E-state index is 14.3. The molecule has 1 aliphatic rings. The quantitative estimate of drug-likeness (QED) is 0.124. The summed E-state index contributed by atoms with van der Waals surface area (Å²) in [5, 5.41) is 12.0. The number of esters is 2. The summed E-state index contributed by atoms with van der Waals surface area (Å²) in [6.45, 7) is 4.05. The van der Waals surface area contributed by atoms with Gasteiger partial charge in [-0.15, -0.1) is 0 Å². The van der Waals surface area contributed by atoms with Crippen LogP contribution in [-0.2, 0) is 25.6 Å². The molecule has 0 saturated heterocycles. The maximum Gasteiger partial charge on any atom is 0.337 e. The number of nitro benzene ring substituents is 1. The van der Waals surface area contributed by atoms with Crippen molar-refractivity contribution >= 4 is 46.5 Å². The number of ether oxygens (including phenoxy) is 3. The first kappa shape index (κ1) is 33.6. The Morgan fingerprint density at radius 3 is 2.38 bits per heavy atom. The van der Waals surface area contributed by atoms with E-state index in [1.807, 2.05) is 42.3 Å². The number of hydrogen-bond acceptors (Lipinski definition) is 9. The van der Waals surface area contributed by atoms with Gasteiger partial charge in [-0.3, -0.25) is 24.8 Å². The second-order valence-electron chi connectivity index (χ2n) is 10.6. The molecule has 0 radical (unpaired) electrons. The minimum Gasteiger partial charge on any atom is -0.495 e. The highest BCUT2D eigenvalue weighted by Crippen LogP contribution is 2.43.